The molecule has 0 fully saturated rings. The van der Waals surface area contributed by atoms with Crippen LogP contribution in [-0.4, -0.2) is 42.1 Å². The average molecular weight is 463 g/mol. The van der Waals surface area contributed by atoms with Gasteiger partial charge in [0, 0.05) is 18.0 Å². The molecule has 0 radical (unpaired) electrons. The minimum absolute atomic E-state index is 0.124. The molecule has 0 saturated heterocycles. The van der Waals surface area contributed by atoms with Crippen molar-refractivity contribution in [2.45, 2.75) is 20.0 Å². The minimum Gasteiger partial charge on any atom is -0.496 e. The van der Waals surface area contributed by atoms with Gasteiger partial charge < -0.3 is 20.9 Å². The smallest absolute Gasteiger partial charge is 0.434 e. The number of alkyl halides is 3. The molecule has 1 aliphatic rings. The number of anilines is 2. The van der Waals surface area contributed by atoms with Crippen molar-refractivity contribution < 1.29 is 32.2 Å². The van der Waals surface area contributed by atoms with Crippen molar-refractivity contribution in [1.82, 2.24) is 9.55 Å². The summed E-state index contributed by atoms with van der Waals surface area (Å²) in [6.07, 6.45) is -4.99. The standard InChI is InChI=1S/C21H20F3N5O4/c1-8-5-6-10(32-4)9(2)14(8)29-15-12(13(18(29)25)19(26)31)17(21(22,23)24)27-20-16(15)33-7-11(30)28(20)3/h5-6H,7,25H2,1-4H3,(H2,26,31). The second-order valence-corrected chi connectivity index (χ2v) is 7.59. The zero-order chi connectivity index (χ0) is 24.4. The number of fused-ring (bicyclic) bond motifs is 3. The van der Waals surface area contributed by atoms with E-state index in [0.717, 1.165) is 4.90 Å². The molecule has 0 spiro atoms. The lowest BCUT2D eigenvalue weighted by Crippen LogP contribution is -2.37. The summed E-state index contributed by atoms with van der Waals surface area (Å²) >= 11 is 0. The fourth-order valence-corrected chi connectivity index (χ4v) is 4.13. The molecular weight excluding hydrogens is 443 g/mol. The molecule has 1 aliphatic heterocycles. The molecule has 12 heteroatoms. The number of aromatic nitrogens is 2. The van der Waals surface area contributed by atoms with Crippen LogP contribution in [0.15, 0.2) is 12.1 Å². The lowest BCUT2D eigenvalue weighted by molar-refractivity contribution is -0.140. The second kappa shape index (κ2) is 7.29. The normalized spacial score (nSPS) is 13.8. The monoisotopic (exact) mass is 463 g/mol. The number of carbonyl (C=O) groups excluding carboxylic acids is 2. The molecule has 0 unspecified atom stereocenters. The van der Waals surface area contributed by atoms with Crippen LogP contribution in [0.4, 0.5) is 24.8 Å². The third-order valence-electron chi connectivity index (χ3n) is 5.65. The van der Waals surface area contributed by atoms with Crippen molar-refractivity contribution in [3.8, 4) is 17.2 Å². The number of rotatable bonds is 3. The zero-order valence-corrected chi connectivity index (χ0v) is 18.1. The minimum atomic E-state index is -4.99. The molecule has 0 atom stereocenters. The molecule has 174 valence electrons. The van der Waals surface area contributed by atoms with E-state index in [1.54, 1.807) is 26.0 Å². The number of aryl methyl sites for hydroxylation is 1. The van der Waals surface area contributed by atoms with E-state index in [1.807, 2.05) is 0 Å². The average Bonchev–Trinajstić information content (AvgIpc) is 3.02. The number of hydrogen-bond donors (Lipinski definition) is 2. The number of nitrogen functional groups attached to an aromatic ring is 1. The van der Waals surface area contributed by atoms with E-state index < -0.39 is 41.2 Å². The first-order valence-corrected chi connectivity index (χ1v) is 9.68. The highest BCUT2D eigenvalue weighted by Crippen LogP contribution is 2.48. The third-order valence-corrected chi connectivity index (χ3v) is 5.65. The van der Waals surface area contributed by atoms with E-state index in [-0.39, 0.29) is 22.9 Å². The number of pyridine rings is 1. The number of carbonyl (C=O) groups is 2. The molecule has 0 aliphatic carbocycles. The summed E-state index contributed by atoms with van der Waals surface area (Å²) in [5.74, 6) is -2.09. The van der Waals surface area contributed by atoms with E-state index in [1.165, 1.54) is 18.7 Å². The Hall–Kier alpha value is -3.96. The SMILES string of the molecule is COc1ccc(C)c(-n2c(N)c(C(N)=O)c3c(C(F)(F)F)nc4c(c32)OCC(=O)N4C)c1C. The van der Waals surface area contributed by atoms with Crippen molar-refractivity contribution in [3.05, 3.63) is 34.5 Å². The second-order valence-electron chi connectivity index (χ2n) is 7.59. The highest BCUT2D eigenvalue weighted by Gasteiger charge is 2.42. The van der Waals surface area contributed by atoms with Gasteiger partial charge in [0.1, 0.15) is 17.1 Å². The van der Waals surface area contributed by atoms with Crippen molar-refractivity contribution >= 4 is 34.4 Å². The Bertz CT molecular complexity index is 1350. The predicted octanol–water partition coefficient (Wildman–Crippen LogP) is 2.71. The number of amides is 2. The molecule has 0 bridgehead atoms. The lowest BCUT2D eigenvalue weighted by Gasteiger charge is -2.27. The fraction of sp³-hybridized carbons (Fsp3) is 0.286. The first-order chi connectivity index (χ1) is 15.4. The van der Waals surface area contributed by atoms with Crippen LogP contribution in [0.5, 0.6) is 11.5 Å². The Balaban J connectivity index is 2.32. The highest BCUT2D eigenvalue weighted by molar-refractivity contribution is 6.15. The Labute approximate surface area is 185 Å². The van der Waals surface area contributed by atoms with E-state index in [4.69, 9.17) is 20.9 Å². The van der Waals surface area contributed by atoms with Crippen molar-refractivity contribution in [2.75, 3.05) is 31.4 Å². The van der Waals surface area contributed by atoms with Crippen LogP contribution < -0.4 is 25.8 Å². The van der Waals surface area contributed by atoms with Crippen LogP contribution >= 0.6 is 0 Å². The summed E-state index contributed by atoms with van der Waals surface area (Å²) in [7, 11) is 2.74. The van der Waals surface area contributed by atoms with Crippen molar-refractivity contribution in [1.29, 1.82) is 0 Å². The van der Waals surface area contributed by atoms with Gasteiger partial charge in [-0.3, -0.25) is 19.1 Å². The topological polar surface area (TPSA) is 126 Å². The molecular formula is C21H20F3N5O4. The van der Waals surface area contributed by atoms with Crippen LogP contribution in [0.25, 0.3) is 16.6 Å². The first-order valence-electron chi connectivity index (χ1n) is 9.68. The first kappa shape index (κ1) is 22.2. The van der Waals surface area contributed by atoms with Gasteiger partial charge in [-0.2, -0.15) is 13.2 Å². The van der Waals surface area contributed by atoms with Gasteiger partial charge in [-0.1, -0.05) is 6.07 Å². The van der Waals surface area contributed by atoms with Gasteiger partial charge in [0.05, 0.1) is 18.4 Å². The van der Waals surface area contributed by atoms with Crippen LogP contribution in [0.2, 0.25) is 0 Å². The number of methoxy groups -OCH3 is 1. The molecule has 4 N–H and O–H groups in total. The van der Waals surface area contributed by atoms with Crippen LogP contribution in [0.3, 0.4) is 0 Å². The van der Waals surface area contributed by atoms with Gasteiger partial charge in [0.25, 0.3) is 11.8 Å². The van der Waals surface area contributed by atoms with Gasteiger partial charge in [0.2, 0.25) is 0 Å². The number of nitrogens with zero attached hydrogens (tertiary/aromatic N) is 3. The van der Waals surface area contributed by atoms with Gasteiger partial charge in [-0.05, 0) is 25.5 Å². The maximum atomic E-state index is 14.1. The predicted molar refractivity (Wildman–Crippen MR) is 114 cm³/mol. The Kier molecular flexibility index (Phi) is 4.91. The Morgan fingerprint density at radius 3 is 2.52 bits per heavy atom. The summed E-state index contributed by atoms with van der Waals surface area (Å²) in [6, 6.07) is 3.40. The van der Waals surface area contributed by atoms with E-state index in [2.05, 4.69) is 4.98 Å². The number of likely N-dealkylation sites (N-methyl/N-ethyl adjacent to an activating group) is 1. The number of halogens is 3. The molecule has 2 aromatic heterocycles. The molecule has 33 heavy (non-hydrogen) atoms. The van der Waals surface area contributed by atoms with Crippen molar-refractivity contribution in [2.24, 2.45) is 5.73 Å². The van der Waals surface area contributed by atoms with Crippen LogP contribution in [-0.2, 0) is 11.0 Å². The molecule has 9 nitrogen and oxygen atoms in total. The number of benzene rings is 1. The lowest BCUT2D eigenvalue weighted by atomic mass is 10.1. The number of primary amides is 1. The fourth-order valence-electron chi connectivity index (χ4n) is 4.13. The zero-order valence-electron chi connectivity index (χ0n) is 18.1. The third kappa shape index (κ3) is 3.12. The van der Waals surface area contributed by atoms with Crippen molar-refractivity contribution in [3.63, 3.8) is 0 Å². The molecule has 1 aromatic carbocycles. The van der Waals surface area contributed by atoms with E-state index in [0.29, 0.717) is 22.6 Å². The molecule has 4 rings (SSSR count). The quantitative estimate of drug-likeness (QED) is 0.615. The maximum absolute atomic E-state index is 14.1. The number of nitrogens with two attached hydrogens (primary N) is 2. The molecule has 2 amide bonds. The Morgan fingerprint density at radius 2 is 1.94 bits per heavy atom. The Morgan fingerprint density at radius 1 is 1.27 bits per heavy atom. The van der Waals surface area contributed by atoms with Gasteiger partial charge in [0.15, 0.2) is 23.9 Å². The van der Waals surface area contributed by atoms with E-state index in [9.17, 15) is 22.8 Å². The molecule has 3 heterocycles. The molecule has 0 saturated carbocycles. The van der Waals surface area contributed by atoms with Gasteiger partial charge >= 0.3 is 6.18 Å². The summed E-state index contributed by atoms with van der Waals surface area (Å²) in [6.45, 7) is 3.00. The van der Waals surface area contributed by atoms with Gasteiger partial charge in [-0.15, -0.1) is 0 Å². The van der Waals surface area contributed by atoms with Crippen LogP contribution in [0, 0.1) is 13.8 Å². The summed E-state index contributed by atoms with van der Waals surface area (Å²) < 4.78 is 54.6. The van der Waals surface area contributed by atoms with E-state index >= 15 is 0 Å². The van der Waals surface area contributed by atoms with Gasteiger partial charge in [-0.25, -0.2) is 4.98 Å². The van der Waals surface area contributed by atoms with Crippen LogP contribution in [0.1, 0.15) is 27.2 Å². The maximum Gasteiger partial charge on any atom is 0.434 e. The summed E-state index contributed by atoms with van der Waals surface area (Å²) in [5, 5.41) is -0.601. The molecule has 3 aromatic rings. The summed E-state index contributed by atoms with van der Waals surface area (Å²) in [5.41, 5.74) is 11.2. The highest BCUT2D eigenvalue weighted by atomic mass is 19.4. The summed E-state index contributed by atoms with van der Waals surface area (Å²) in [4.78, 5) is 29.1. The largest absolute Gasteiger partial charge is 0.496 e. The number of ether oxygens (including phenoxy) is 2. The number of hydrogen-bond acceptors (Lipinski definition) is 6.